The molecule has 0 radical (unpaired) electrons. The maximum atomic E-state index is 9.13. The van der Waals surface area contributed by atoms with Crippen LogP contribution in [0.2, 0.25) is 10.0 Å². The number of hydrogen-bond acceptors (Lipinski definition) is 3. The molecule has 1 heterocycles. The minimum atomic E-state index is 0.0872. The molecule has 1 aromatic carbocycles. The highest BCUT2D eigenvalue weighted by Gasteiger charge is 2.09. The molecule has 1 aromatic heterocycles. The highest BCUT2D eigenvalue weighted by Crippen LogP contribution is 2.28. The Labute approximate surface area is 128 Å². The van der Waals surface area contributed by atoms with Crippen molar-refractivity contribution in [1.82, 2.24) is 5.32 Å². The highest BCUT2D eigenvalue weighted by atomic mass is 35.5. The summed E-state index contributed by atoms with van der Waals surface area (Å²) in [5.41, 5.74) is 0.850. The Morgan fingerprint density at radius 1 is 1.20 bits per heavy atom. The monoisotopic (exact) mass is 313 g/mol. The molecule has 20 heavy (non-hydrogen) atoms. The lowest BCUT2D eigenvalue weighted by Gasteiger charge is -2.12. The van der Waals surface area contributed by atoms with Crippen LogP contribution in [-0.2, 0) is 6.54 Å². The zero-order chi connectivity index (χ0) is 14.5. The van der Waals surface area contributed by atoms with Crippen LogP contribution in [0.1, 0.15) is 19.1 Å². The second kappa shape index (κ2) is 7.14. The predicted octanol–water partition coefficient (Wildman–Crippen LogP) is 4.11. The van der Waals surface area contributed by atoms with Gasteiger partial charge in [0.2, 0.25) is 0 Å². The van der Waals surface area contributed by atoms with Gasteiger partial charge in [-0.3, -0.25) is 0 Å². The van der Waals surface area contributed by atoms with E-state index in [1.165, 1.54) is 0 Å². The van der Waals surface area contributed by atoms with E-state index < -0.39 is 0 Å². The molecular formula is C15H17Cl2NO2. The molecule has 3 nitrogen and oxygen atoms in total. The summed E-state index contributed by atoms with van der Waals surface area (Å²) in [4.78, 5) is 0. The van der Waals surface area contributed by atoms with Crippen molar-refractivity contribution in [3.63, 3.8) is 0 Å². The average molecular weight is 314 g/mol. The third-order valence-corrected chi connectivity index (χ3v) is 3.52. The SMILES string of the molecule is CCC(CO)NCc1ccc(-c2cc(Cl)cc(Cl)c2)o1. The zero-order valence-corrected chi connectivity index (χ0v) is 12.7. The van der Waals surface area contributed by atoms with Gasteiger partial charge in [0.15, 0.2) is 0 Å². The molecule has 5 heteroatoms. The van der Waals surface area contributed by atoms with Gasteiger partial charge in [0.05, 0.1) is 13.2 Å². The molecule has 0 spiro atoms. The lowest BCUT2D eigenvalue weighted by atomic mass is 10.2. The number of aliphatic hydroxyl groups excluding tert-OH is 1. The maximum Gasteiger partial charge on any atom is 0.134 e. The van der Waals surface area contributed by atoms with Crippen LogP contribution in [0.5, 0.6) is 0 Å². The molecule has 0 bridgehead atoms. The van der Waals surface area contributed by atoms with Gasteiger partial charge in [0, 0.05) is 21.7 Å². The van der Waals surface area contributed by atoms with Gasteiger partial charge in [-0.2, -0.15) is 0 Å². The van der Waals surface area contributed by atoms with E-state index in [2.05, 4.69) is 5.32 Å². The van der Waals surface area contributed by atoms with Crippen molar-refractivity contribution >= 4 is 23.2 Å². The van der Waals surface area contributed by atoms with Gasteiger partial charge < -0.3 is 14.8 Å². The summed E-state index contributed by atoms with van der Waals surface area (Å²) in [7, 11) is 0. The quantitative estimate of drug-likeness (QED) is 0.843. The molecular weight excluding hydrogens is 297 g/mol. The fourth-order valence-electron chi connectivity index (χ4n) is 1.91. The molecule has 2 N–H and O–H groups in total. The second-order valence-corrected chi connectivity index (χ2v) is 5.47. The number of halogens is 2. The fraction of sp³-hybridized carbons (Fsp3) is 0.333. The summed E-state index contributed by atoms with van der Waals surface area (Å²) in [5, 5.41) is 13.5. The number of hydrogen-bond donors (Lipinski definition) is 2. The first-order valence-corrected chi connectivity index (χ1v) is 7.27. The molecule has 0 saturated carbocycles. The van der Waals surface area contributed by atoms with Gasteiger partial charge in [-0.15, -0.1) is 0 Å². The molecule has 108 valence electrons. The highest BCUT2D eigenvalue weighted by molar-refractivity contribution is 6.35. The van der Waals surface area contributed by atoms with Crippen LogP contribution >= 0.6 is 23.2 Å². The van der Waals surface area contributed by atoms with Crippen molar-refractivity contribution in [3.8, 4) is 11.3 Å². The molecule has 0 aliphatic heterocycles. The normalized spacial score (nSPS) is 12.6. The largest absolute Gasteiger partial charge is 0.460 e. The maximum absolute atomic E-state index is 9.13. The Bertz CT molecular complexity index is 545. The Hall–Kier alpha value is -1.00. The summed E-state index contributed by atoms with van der Waals surface area (Å²) >= 11 is 12.0. The van der Waals surface area contributed by atoms with E-state index in [-0.39, 0.29) is 12.6 Å². The van der Waals surface area contributed by atoms with E-state index in [1.54, 1.807) is 6.07 Å². The van der Waals surface area contributed by atoms with Crippen LogP contribution in [0.3, 0.4) is 0 Å². The van der Waals surface area contributed by atoms with Gasteiger partial charge in [-0.25, -0.2) is 0 Å². The summed E-state index contributed by atoms with van der Waals surface area (Å²) in [6.45, 7) is 2.72. The number of rotatable bonds is 6. The first-order valence-electron chi connectivity index (χ1n) is 6.51. The van der Waals surface area contributed by atoms with Gasteiger partial charge in [0.1, 0.15) is 11.5 Å². The van der Waals surface area contributed by atoms with Gasteiger partial charge >= 0.3 is 0 Å². The summed E-state index contributed by atoms with van der Waals surface area (Å²) in [6.07, 6.45) is 0.869. The lowest BCUT2D eigenvalue weighted by Crippen LogP contribution is -2.30. The molecule has 0 saturated heterocycles. The van der Waals surface area contributed by atoms with E-state index in [0.29, 0.717) is 16.6 Å². The van der Waals surface area contributed by atoms with E-state index in [1.807, 2.05) is 31.2 Å². The van der Waals surface area contributed by atoms with Crippen molar-refractivity contribution in [2.75, 3.05) is 6.61 Å². The minimum Gasteiger partial charge on any atom is -0.460 e. The zero-order valence-electron chi connectivity index (χ0n) is 11.2. The first kappa shape index (κ1) is 15.4. The van der Waals surface area contributed by atoms with Gasteiger partial charge in [-0.05, 0) is 36.8 Å². The number of nitrogens with one attached hydrogen (secondary N) is 1. The molecule has 0 fully saturated rings. The number of benzene rings is 1. The molecule has 0 aliphatic rings. The van der Waals surface area contributed by atoms with Crippen molar-refractivity contribution in [3.05, 3.63) is 46.1 Å². The van der Waals surface area contributed by atoms with Crippen LogP contribution in [0.15, 0.2) is 34.7 Å². The third kappa shape index (κ3) is 4.00. The summed E-state index contributed by atoms with van der Waals surface area (Å²) in [6, 6.07) is 9.19. The molecule has 1 atom stereocenters. The van der Waals surface area contributed by atoms with Crippen LogP contribution in [0.4, 0.5) is 0 Å². The molecule has 0 aliphatic carbocycles. The summed E-state index contributed by atoms with van der Waals surface area (Å²) < 4.78 is 5.76. The van der Waals surface area contributed by atoms with Crippen molar-refractivity contribution in [2.45, 2.75) is 25.9 Å². The Kier molecular flexibility index (Phi) is 5.49. The minimum absolute atomic E-state index is 0.0872. The lowest BCUT2D eigenvalue weighted by molar-refractivity contribution is 0.235. The Morgan fingerprint density at radius 2 is 1.90 bits per heavy atom. The van der Waals surface area contributed by atoms with E-state index in [9.17, 15) is 0 Å². The average Bonchev–Trinajstić information content (AvgIpc) is 2.88. The van der Waals surface area contributed by atoms with E-state index in [0.717, 1.165) is 23.5 Å². The van der Waals surface area contributed by atoms with Crippen molar-refractivity contribution < 1.29 is 9.52 Å². The molecule has 2 rings (SSSR count). The van der Waals surface area contributed by atoms with Crippen molar-refractivity contribution in [2.24, 2.45) is 0 Å². The number of aliphatic hydroxyl groups is 1. The number of furan rings is 1. The fourth-order valence-corrected chi connectivity index (χ4v) is 2.43. The second-order valence-electron chi connectivity index (χ2n) is 4.59. The van der Waals surface area contributed by atoms with E-state index >= 15 is 0 Å². The van der Waals surface area contributed by atoms with Crippen molar-refractivity contribution in [1.29, 1.82) is 0 Å². The standard InChI is InChI=1S/C15H17Cl2NO2/c1-2-13(9-19)18-8-14-3-4-15(20-14)10-5-11(16)7-12(17)6-10/h3-7,13,18-19H,2,8-9H2,1H3. The van der Waals surface area contributed by atoms with Crippen LogP contribution in [0.25, 0.3) is 11.3 Å². The molecule has 0 amide bonds. The molecule has 1 unspecified atom stereocenters. The van der Waals surface area contributed by atoms with E-state index in [4.69, 9.17) is 32.7 Å². The van der Waals surface area contributed by atoms with Crippen LogP contribution < -0.4 is 5.32 Å². The topological polar surface area (TPSA) is 45.4 Å². The predicted molar refractivity (Wildman–Crippen MR) is 82.2 cm³/mol. The third-order valence-electron chi connectivity index (χ3n) is 3.09. The van der Waals surface area contributed by atoms with Gasteiger partial charge in [-0.1, -0.05) is 30.1 Å². The smallest absolute Gasteiger partial charge is 0.134 e. The van der Waals surface area contributed by atoms with Crippen LogP contribution in [0, 0.1) is 0 Å². The Balaban J connectivity index is 2.08. The Morgan fingerprint density at radius 3 is 2.50 bits per heavy atom. The molecule has 2 aromatic rings. The summed E-state index contributed by atoms with van der Waals surface area (Å²) in [5.74, 6) is 1.53. The first-order chi connectivity index (χ1) is 9.62. The van der Waals surface area contributed by atoms with Gasteiger partial charge in [0.25, 0.3) is 0 Å². The van der Waals surface area contributed by atoms with Crippen LogP contribution in [-0.4, -0.2) is 17.8 Å².